The third-order valence-corrected chi connectivity index (χ3v) is 12.5. The number of hydrogen-bond donors (Lipinski definition) is 1. The van der Waals surface area contributed by atoms with Crippen LogP contribution in [0.2, 0.25) is 0 Å². The number of hydrogen-bond acceptors (Lipinski definition) is 10. The van der Waals surface area contributed by atoms with Crippen molar-refractivity contribution in [2.24, 2.45) is 40.5 Å². The zero-order valence-electron chi connectivity index (χ0n) is 32.9. The minimum Gasteiger partial charge on any atom is -0.458 e. The summed E-state index contributed by atoms with van der Waals surface area (Å²) in [5.41, 5.74) is -2.19. The number of amides is 1. The van der Waals surface area contributed by atoms with Gasteiger partial charge in [-0.25, -0.2) is 4.79 Å². The van der Waals surface area contributed by atoms with Gasteiger partial charge in [0.25, 0.3) is 0 Å². The molecule has 1 N–H and O–H groups in total. The number of fused-ring (bicyclic) bond motifs is 1. The van der Waals surface area contributed by atoms with Crippen LogP contribution in [0.3, 0.4) is 0 Å². The Morgan fingerprint density at radius 3 is 2.12 bits per heavy atom. The molecule has 0 aliphatic carbocycles. The van der Waals surface area contributed by atoms with Crippen LogP contribution in [0.4, 0.5) is 4.79 Å². The summed E-state index contributed by atoms with van der Waals surface area (Å²) in [6.07, 6.45) is -2.50. The topological polar surface area (TPSA) is 125 Å². The number of rotatable bonds is 6. The van der Waals surface area contributed by atoms with Gasteiger partial charge in [0.2, 0.25) is 0 Å². The van der Waals surface area contributed by atoms with E-state index in [0.717, 1.165) is 5.71 Å². The van der Waals surface area contributed by atoms with Crippen molar-refractivity contribution in [1.82, 2.24) is 4.90 Å². The van der Waals surface area contributed by atoms with Gasteiger partial charge in [0.1, 0.15) is 12.2 Å². The molecule has 0 saturated carbocycles. The summed E-state index contributed by atoms with van der Waals surface area (Å²) in [6, 6.07) is -0.394. The summed E-state index contributed by atoms with van der Waals surface area (Å²) in [5, 5.41) is 10.9. The fraction of sp³-hybridized carbons (Fsp3) is 0.921. The molecule has 1 amide bonds. The van der Waals surface area contributed by atoms with Crippen LogP contribution in [-0.2, 0) is 33.2 Å². The predicted octanol–water partition coefficient (Wildman–Crippen LogP) is 6.03. The van der Waals surface area contributed by atoms with E-state index in [1.165, 1.54) is 0 Å². The Hall–Kier alpha value is -1.79. The Balaban J connectivity index is 1.88. The molecule has 4 aliphatic heterocycles. The largest absolute Gasteiger partial charge is 0.458 e. The van der Waals surface area contributed by atoms with E-state index in [4.69, 9.17) is 33.4 Å². The number of carbonyl (C=O) groups is 2. The second kappa shape index (κ2) is 14.3. The lowest BCUT2D eigenvalue weighted by Crippen LogP contribution is -2.59. The first-order valence-electron chi connectivity index (χ1n) is 18.5. The van der Waals surface area contributed by atoms with Crippen molar-refractivity contribution < 1.29 is 43.1 Å². The van der Waals surface area contributed by atoms with E-state index in [0.29, 0.717) is 19.4 Å². The van der Waals surface area contributed by atoms with Crippen LogP contribution in [0.25, 0.3) is 0 Å². The summed E-state index contributed by atoms with van der Waals surface area (Å²) >= 11 is 0. The molecule has 4 aliphatic rings. The number of aliphatic imine (C=N–C) groups is 1. The van der Waals surface area contributed by atoms with Crippen molar-refractivity contribution in [3.63, 3.8) is 0 Å². The van der Waals surface area contributed by atoms with Gasteiger partial charge in [-0.1, -0.05) is 41.5 Å². The molecule has 49 heavy (non-hydrogen) atoms. The molecule has 4 rings (SSSR count). The van der Waals surface area contributed by atoms with Gasteiger partial charge in [-0.05, 0) is 85.0 Å². The van der Waals surface area contributed by atoms with Crippen LogP contribution < -0.4 is 0 Å². The zero-order chi connectivity index (χ0) is 37.0. The van der Waals surface area contributed by atoms with E-state index in [-0.39, 0.29) is 36.0 Å². The number of methoxy groups -OCH3 is 2. The molecule has 282 valence electrons. The monoisotopic (exact) mass is 694 g/mol. The average molecular weight is 695 g/mol. The normalized spacial score (nSPS) is 46.4. The molecule has 0 aromatic rings. The highest BCUT2D eigenvalue weighted by atomic mass is 16.7. The molecule has 3 saturated heterocycles. The Bertz CT molecular complexity index is 1240. The quantitative estimate of drug-likeness (QED) is 0.332. The van der Waals surface area contributed by atoms with Crippen molar-refractivity contribution in [2.45, 2.75) is 168 Å². The summed E-state index contributed by atoms with van der Waals surface area (Å²) in [6.45, 7) is 26.9. The van der Waals surface area contributed by atoms with Gasteiger partial charge >= 0.3 is 12.1 Å². The van der Waals surface area contributed by atoms with E-state index >= 15 is 0 Å². The van der Waals surface area contributed by atoms with Gasteiger partial charge in [0.05, 0.1) is 40.9 Å². The highest BCUT2D eigenvalue weighted by molar-refractivity contribution is 5.91. The van der Waals surface area contributed by atoms with E-state index in [1.807, 2.05) is 32.6 Å². The average Bonchev–Trinajstić information content (AvgIpc) is 3.19. The lowest BCUT2D eigenvalue weighted by atomic mass is 9.65. The maximum atomic E-state index is 14.4. The highest BCUT2D eigenvalue weighted by Crippen LogP contribution is 2.48. The molecular weight excluding hydrogens is 628 g/mol. The molecular formula is C38H66N2O9. The molecule has 2 bridgehead atoms. The Morgan fingerprint density at radius 1 is 0.959 bits per heavy atom. The minimum atomic E-state index is -1.11. The van der Waals surface area contributed by atoms with Gasteiger partial charge in [-0.15, -0.1) is 0 Å². The summed E-state index contributed by atoms with van der Waals surface area (Å²) in [7, 11) is 3.34. The third kappa shape index (κ3) is 7.30. The maximum absolute atomic E-state index is 14.4. The molecule has 0 aromatic heterocycles. The van der Waals surface area contributed by atoms with Crippen LogP contribution in [0.5, 0.6) is 0 Å². The van der Waals surface area contributed by atoms with Crippen LogP contribution in [-0.4, -0.2) is 108 Å². The molecule has 3 unspecified atom stereocenters. The molecule has 3 fully saturated rings. The molecule has 0 radical (unpaired) electrons. The first kappa shape index (κ1) is 40.0. The molecule has 11 nitrogen and oxygen atoms in total. The number of ether oxygens (including phenoxy) is 6. The predicted molar refractivity (Wildman–Crippen MR) is 187 cm³/mol. The maximum Gasteiger partial charge on any atom is 0.411 e. The second-order valence-electron chi connectivity index (χ2n) is 17.2. The van der Waals surface area contributed by atoms with Crippen LogP contribution in [0, 0.1) is 35.5 Å². The van der Waals surface area contributed by atoms with Crippen LogP contribution in [0.1, 0.15) is 109 Å². The van der Waals surface area contributed by atoms with Crippen molar-refractivity contribution in [2.75, 3.05) is 20.8 Å². The summed E-state index contributed by atoms with van der Waals surface area (Å²) in [5.74, 6) is -1.41. The van der Waals surface area contributed by atoms with Crippen molar-refractivity contribution in [3.05, 3.63) is 0 Å². The van der Waals surface area contributed by atoms with E-state index < -0.39 is 77.1 Å². The molecule has 11 heteroatoms. The number of nitrogens with zero attached hydrogens (tertiary/aromatic N) is 2. The van der Waals surface area contributed by atoms with Gasteiger partial charge in [0.15, 0.2) is 11.9 Å². The Morgan fingerprint density at radius 2 is 1.57 bits per heavy atom. The van der Waals surface area contributed by atoms with Crippen molar-refractivity contribution in [3.8, 4) is 0 Å². The van der Waals surface area contributed by atoms with Crippen LogP contribution in [0.15, 0.2) is 4.99 Å². The molecule has 0 aromatic carbocycles. The fourth-order valence-electron chi connectivity index (χ4n) is 10.1. The van der Waals surface area contributed by atoms with Crippen LogP contribution >= 0.6 is 0 Å². The fourth-order valence-corrected chi connectivity index (χ4v) is 10.1. The standard InChI is InChI=1S/C38H66N2O9/c1-16-26-38(13)31-23(6)29(39-35(9,10)19-40(31)34(43)49-38)21(4)17-36(11,44-14)28(20(2)3)22(5)30(24(7)33(42)47-26)48-27-18-37(12,45-15)32(41)25(8)46-27/h20-28,30-32,41H,16-19H2,1-15H3/t21-,22-,23+,24?,25?,26-,27+,28-,30+,31?,32+,36-,37-,38-/m1/s1. The number of aliphatic hydroxyl groups excluding tert-OH is 1. The van der Waals surface area contributed by atoms with E-state index in [9.17, 15) is 14.7 Å². The molecule has 4 heterocycles. The van der Waals surface area contributed by atoms with Crippen molar-refractivity contribution in [1.29, 1.82) is 0 Å². The SMILES string of the molecule is CC[C@H]1OC(=O)C(C)[C@@H](O[C@H]2C[C@@](C)(OC)[C@@H](O)C(C)O2)[C@H](C)[C@@H](C(C)C)[C@](C)(OC)C[C@@H](C)C2=NC(C)(C)CN3C(=O)O[C@@]1(C)C3[C@H]2C. The number of aliphatic hydroxyl groups is 1. The first-order valence-corrected chi connectivity index (χ1v) is 18.5. The Labute approximate surface area is 295 Å². The second-order valence-corrected chi connectivity index (χ2v) is 17.2. The lowest BCUT2D eigenvalue weighted by molar-refractivity contribution is -0.299. The van der Waals surface area contributed by atoms with Crippen molar-refractivity contribution >= 4 is 17.8 Å². The number of cyclic esters (lactones) is 1. The lowest BCUT2D eigenvalue weighted by Gasteiger charge is -2.49. The van der Waals surface area contributed by atoms with Gasteiger partial charge in [0, 0.05) is 38.8 Å². The summed E-state index contributed by atoms with van der Waals surface area (Å²) in [4.78, 5) is 35.3. The van der Waals surface area contributed by atoms with Gasteiger partial charge in [-0.3, -0.25) is 14.7 Å². The molecule has 14 atom stereocenters. The zero-order valence-corrected chi connectivity index (χ0v) is 32.9. The van der Waals surface area contributed by atoms with E-state index in [1.54, 1.807) is 21.1 Å². The van der Waals surface area contributed by atoms with Gasteiger partial charge in [-0.2, -0.15) is 0 Å². The smallest absolute Gasteiger partial charge is 0.411 e. The minimum absolute atomic E-state index is 0.00126. The number of carbonyl (C=O) groups excluding carboxylic acids is 2. The van der Waals surface area contributed by atoms with E-state index in [2.05, 4.69) is 55.4 Å². The molecule has 0 spiro atoms. The van der Waals surface area contributed by atoms with Gasteiger partial charge < -0.3 is 33.5 Å². The summed E-state index contributed by atoms with van der Waals surface area (Å²) < 4.78 is 38.1. The first-order chi connectivity index (χ1) is 22.6. The number of esters is 1. The Kier molecular flexibility index (Phi) is 11.7. The highest BCUT2D eigenvalue weighted by Gasteiger charge is 2.61. The third-order valence-electron chi connectivity index (χ3n) is 12.5.